The van der Waals surface area contributed by atoms with Crippen molar-refractivity contribution in [2.75, 3.05) is 13.2 Å². The summed E-state index contributed by atoms with van der Waals surface area (Å²) >= 11 is 0. The van der Waals surface area contributed by atoms with Crippen LogP contribution in [-0.2, 0) is 0 Å². The smallest absolute Gasteiger partial charge is 0.200 e. The average Bonchev–Trinajstić information content (AvgIpc) is 2.93. The number of halogens is 3. The third kappa shape index (κ3) is 7.70. The summed E-state index contributed by atoms with van der Waals surface area (Å²) in [5.74, 6) is -0.0129. The highest BCUT2D eigenvalue weighted by atomic mass is 19.2. The van der Waals surface area contributed by atoms with Gasteiger partial charge in [0.05, 0.1) is 13.2 Å². The summed E-state index contributed by atoms with van der Waals surface area (Å²) in [6.45, 7) is 5.40. The third-order valence-electron chi connectivity index (χ3n) is 8.78. The molecule has 2 aliphatic rings. The molecule has 0 atom stereocenters. The Hall–Kier alpha value is -2.17. The van der Waals surface area contributed by atoms with Crippen LogP contribution in [0.2, 0.25) is 0 Å². The molecule has 0 N–H and O–H groups in total. The van der Waals surface area contributed by atoms with Crippen LogP contribution in [0.3, 0.4) is 0 Å². The molecule has 5 heteroatoms. The highest BCUT2D eigenvalue weighted by Gasteiger charge is 2.27. The lowest BCUT2D eigenvalue weighted by molar-refractivity contribution is 0.191. The number of hydrogen-bond acceptors (Lipinski definition) is 2. The Kier molecular flexibility index (Phi) is 10.8. The van der Waals surface area contributed by atoms with Crippen molar-refractivity contribution in [2.24, 2.45) is 11.8 Å². The maximum Gasteiger partial charge on any atom is 0.200 e. The first-order valence-electron chi connectivity index (χ1n) is 15.0. The van der Waals surface area contributed by atoms with Gasteiger partial charge in [-0.05, 0) is 91.9 Å². The fraction of sp³-hybridized carbons (Fsp3) is 0.636. The lowest BCUT2D eigenvalue weighted by Gasteiger charge is -2.29. The van der Waals surface area contributed by atoms with E-state index >= 15 is 0 Å². The Morgan fingerprint density at radius 2 is 1.37 bits per heavy atom. The first-order valence-corrected chi connectivity index (χ1v) is 15.0. The van der Waals surface area contributed by atoms with Crippen LogP contribution in [0.25, 0.3) is 0 Å². The molecule has 0 aromatic heterocycles. The van der Waals surface area contributed by atoms with Crippen molar-refractivity contribution in [3.8, 4) is 11.5 Å². The summed E-state index contributed by atoms with van der Waals surface area (Å²) in [6, 6.07) is 8.59. The van der Waals surface area contributed by atoms with E-state index in [4.69, 9.17) is 9.47 Å². The van der Waals surface area contributed by atoms with Crippen LogP contribution in [0, 0.1) is 29.3 Å². The van der Waals surface area contributed by atoms with Gasteiger partial charge in [0.15, 0.2) is 11.6 Å². The van der Waals surface area contributed by atoms with Crippen molar-refractivity contribution in [1.29, 1.82) is 0 Å². The van der Waals surface area contributed by atoms with Gasteiger partial charge in [-0.1, -0.05) is 64.5 Å². The second-order valence-electron chi connectivity index (χ2n) is 11.7. The number of ether oxygens (including phenoxy) is 2. The standard InChI is InChI=1S/C33H45F3O2/c1-3-4-5-6-7-20-37-27-16-17-28(30(34)21-27)25-14-10-24(11-15-25)22-38-31-19-18-29(32(35)33(31)36)26-12-8-23(2)9-13-26/h16-19,21,23-26H,3-15,20,22H2,1-2H3. The average molecular weight is 531 g/mol. The molecule has 0 saturated heterocycles. The van der Waals surface area contributed by atoms with Crippen molar-refractivity contribution in [1.82, 2.24) is 0 Å². The zero-order chi connectivity index (χ0) is 26.9. The van der Waals surface area contributed by atoms with Crippen molar-refractivity contribution in [2.45, 2.75) is 109 Å². The Bertz CT molecular complexity index is 1010. The highest BCUT2D eigenvalue weighted by Crippen LogP contribution is 2.40. The van der Waals surface area contributed by atoms with Crippen LogP contribution in [0.4, 0.5) is 13.2 Å². The molecule has 2 nitrogen and oxygen atoms in total. The Morgan fingerprint density at radius 1 is 0.711 bits per heavy atom. The summed E-state index contributed by atoms with van der Waals surface area (Å²) in [6.07, 6.45) is 13.3. The van der Waals surface area contributed by atoms with Crippen molar-refractivity contribution in [3.63, 3.8) is 0 Å². The molecule has 4 rings (SSSR count). The zero-order valence-electron chi connectivity index (χ0n) is 23.3. The van der Waals surface area contributed by atoms with E-state index in [0.717, 1.165) is 69.8 Å². The monoisotopic (exact) mass is 530 g/mol. The van der Waals surface area contributed by atoms with E-state index in [1.807, 2.05) is 12.1 Å². The lowest BCUT2D eigenvalue weighted by Crippen LogP contribution is -2.20. The highest BCUT2D eigenvalue weighted by molar-refractivity contribution is 5.34. The molecule has 2 saturated carbocycles. The molecule has 0 radical (unpaired) electrons. The van der Waals surface area contributed by atoms with Gasteiger partial charge >= 0.3 is 0 Å². The van der Waals surface area contributed by atoms with Gasteiger partial charge in [-0.3, -0.25) is 0 Å². The quantitative estimate of drug-likeness (QED) is 0.254. The van der Waals surface area contributed by atoms with Crippen LogP contribution in [0.5, 0.6) is 11.5 Å². The topological polar surface area (TPSA) is 18.5 Å². The molecule has 2 aromatic carbocycles. The van der Waals surface area contributed by atoms with Crippen LogP contribution in [0.15, 0.2) is 30.3 Å². The Balaban J connectivity index is 1.22. The predicted molar refractivity (Wildman–Crippen MR) is 148 cm³/mol. The molecule has 0 spiro atoms. The minimum Gasteiger partial charge on any atom is -0.493 e. The van der Waals surface area contributed by atoms with E-state index in [1.165, 1.54) is 25.3 Å². The fourth-order valence-corrected chi connectivity index (χ4v) is 6.22. The van der Waals surface area contributed by atoms with E-state index in [-0.39, 0.29) is 29.3 Å². The van der Waals surface area contributed by atoms with Gasteiger partial charge in [0.25, 0.3) is 0 Å². The van der Waals surface area contributed by atoms with Gasteiger partial charge in [-0.15, -0.1) is 0 Å². The van der Waals surface area contributed by atoms with E-state index in [0.29, 0.717) is 30.4 Å². The molecule has 2 fully saturated rings. The molecule has 0 amide bonds. The van der Waals surface area contributed by atoms with Gasteiger partial charge in [0, 0.05) is 6.07 Å². The molecule has 0 aliphatic heterocycles. The van der Waals surface area contributed by atoms with Crippen LogP contribution in [0.1, 0.15) is 120 Å². The first-order chi connectivity index (χ1) is 18.5. The largest absolute Gasteiger partial charge is 0.493 e. The molecule has 2 aliphatic carbocycles. The third-order valence-corrected chi connectivity index (χ3v) is 8.78. The molecule has 0 unspecified atom stereocenters. The summed E-state index contributed by atoms with van der Waals surface area (Å²) in [7, 11) is 0. The maximum absolute atomic E-state index is 14.9. The minimum absolute atomic E-state index is 0.00421. The first kappa shape index (κ1) is 28.8. The molecular formula is C33H45F3O2. The van der Waals surface area contributed by atoms with Crippen LogP contribution < -0.4 is 9.47 Å². The normalized spacial score (nSPS) is 23.8. The molecule has 0 heterocycles. The lowest BCUT2D eigenvalue weighted by atomic mass is 9.79. The summed E-state index contributed by atoms with van der Waals surface area (Å²) < 4.78 is 56.0. The fourth-order valence-electron chi connectivity index (χ4n) is 6.22. The van der Waals surface area contributed by atoms with E-state index in [9.17, 15) is 13.2 Å². The van der Waals surface area contributed by atoms with E-state index in [1.54, 1.807) is 12.1 Å². The molecule has 2 aromatic rings. The molecular weight excluding hydrogens is 485 g/mol. The summed E-state index contributed by atoms with van der Waals surface area (Å²) in [4.78, 5) is 0. The molecule has 210 valence electrons. The van der Waals surface area contributed by atoms with Gasteiger partial charge in [0.1, 0.15) is 11.6 Å². The van der Waals surface area contributed by atoms with E-state index < -0.39 is 11.6 Å². The number of unbranched alkanes of at least 4 members (excludes halogenated alkanes) is 4. The predicted octanol–water partition coefficient (Wildman–Crippen LogP) is 10.1. The van der Waals surface area contributed by atoms with Crippen LogP contribution in [-0.4, -0.2) is 13.2 Å². The Morgan fingerprint density at radius 3 is 2.08 bits per heavy atom. The SMILES string of the molecule is CCCCCCCOc1ccc(C2CCC(COc3ccc(C4CCC(C)CC4)c(F)c3F)CC2)c(F)c1. The number of hydrogen-bond donors (Lipinski definition) is 0. The second kappa shape index (κ2) is 14.3. The van der Waals surface area contributed by atoms with Gasteiger partial charge in [-0.25, -0.2) is 8.78 Å². The van der Waals surface area contributed by atoms with Gasteiger partial charge < -0.3 is 9.47 Å². The second-order valence-corrected chi connectivity index (χ2v) is 11.7. The van der Waals surface area contributed by atoms with E-state index in [2.05, 4.69) is 13.8 Å². The molecule has 38 heavy (non-hydrogen) atoms. The van der Waals surface area contributed by atoms with Crippen molar-refractivity contribution in [3.05, 3.63) is 58.9 Å². The van der Waals surface area contributed by atoms with Crippen molar-refractivity contribution < 1.29 is 22.6 Å². The summed E-state index contributed by atoms with van der Waals surface area (Å²) in [5.41, 5.74) is 1.24. The Labute approximate surface area is 227 Å². The number of rotatable bonds is 12. The summed E-state index contributed by atoms with van der Waals surface area (Å²) in [5, 5.41) is 0. The molecule has 0 bridgehead atoms. The number of benzene rings is 2. The van der Waals surface area contributed by atoms with Crippen molar-refractivity contribution >= 4 is 0 Å². The zero-order valence-corrected chi connectivity index (χ0v) is 23.3. The van der Waals surface area contributed by atoms with Gasteiger partial charge in [0.2, 0.25) is 5.82 Å². The minimum atomic E-state index is -0.861. The maximum atomic E-state index is 14.9. The van der Waals surface area contributed by atoms with Crippen LogP contribution >= 0.6 is 0 Å². The van der Waals surface area contributed by atoms with Gasteiger partial charge in [-0.2, -0.15) is 4.39 Å².